The molecule has 0 unspecified atom stereocenters. The SMILES string of the molecule is CCC(CC)(CN)NS(=O)(=O)c1ccc(Cl)c([N+](=O)[O-])c1. The molecule has 0 saturated carbocycles. The summed E-state index contributed by atoms with van der Waals surface area (Å²) in [4.78, 5) is 9.91. The van der Waals surface area contributed by atoms with Crippen molar-refractivity contribution in [3.63, 3.8) is 0 Å². The molecule has 0 fully saturated rings. The number of nitrogens with one attached hydrogen (secondary N) is 1. The van der Waals surface area contributed by atoms with Gasteiger partial charge in [0.1, 0.15) is 5.02 Å². The molecule has 0 aliphatic rings. The first-order chi connectivity index (χ1) is 9.71. The number of benzene rings is 1. The van der Waals surface area contributed by atoms with Crippen LogP contribution in [0.1, 0.15) is 26.7 Å². The Bertz CT molecular complexity index is 621. The number of nitrogens with two attached hydrogens (primary N) is 1. The van der Waals surface area contributed by atoms with Gasteiger partial charge in [-0.15, -0.1) is 0 Å². The molecular formula is C12H18ClN3O4S. The zero-order chi connectivity index (χ0) is 16.3. The Morgan fingerprint density at radius 3 is 2.38 bits per heavy atom. The lowest BCUT2D eigenvalue weighted by Crippen LogP contribution is -2.52. The van der Waals surface area contributed by atoms with E-state index in [1.165, 1.54) is 12.1 Å². The molecule has 0 aliphatic heterocycles. The fraction of sp³-hybridized carbons (Fsp3) is 0.500. The topological polar surface area (TPSA) is 115 Å². The normalized spacial score (nSPS) is 12.4. The number of halogens is 1. The molecule has 1 aromatic rings. The molecule has 0 amide bonds. The van der Waals surface area contributed by atoms with Crippen LogP contribution in [0.5, 0.6) is 0 Å². The van der Waals surface area contributed by atoms with Crippen LogP contribution in [0.15, 0.2) is 23.1 Å². The first kappa shape index (κ1) is 17.8. The highest BCUT2D eigenvalue weighted by atomic mass is 35.5. The van der Waals surface area contributed by atoms with Crippen LogP contribution in [0.3, 0.4) is 0 Å². The molecular weight excluding hydrogens is 318 g/mol. The minimum absolute atomic E-state index is 0.116. The van der Waals surface area contributed by atoms with E-state index in [0.29, 0.717) is 12.8 Å². The van der Waals surface area contributed by atoms with Crippen molar-refractivity contribution in [2.24, 2.45) is 5.73 Å². The number of hydrogen-bond acceptors (Lipinski definition) is 5. The minimum Gasteiger partial charge on any atom is -0.329 e. The quantitative estimate of drug-likeness (QED) is 0.584. The predicted octanol–water partition coefficient (Wildman–Crippen LogP) is 2.04. The molecule has 0 spiro atoms. The van der Waals surface area contributed by atoms with Crippen molar-refractivity contribution in [1.82, 2.24) is 4.72 Å². The summed E-state index contributed by atoms with van der Waals surface area (Å²) >= 11 is 5.68. The van der Waals surface area contributed by atoms with Crippen LogP contribution >= 0.6 is 11.6 Å². The van der Waals surface area contributed by atoms with Crippen molar-refractivity contribution in [3.05, 3.63) is 33.3 Å². The van der Waals surface area contributed by atoms with Crippen LogP contribution in [0.4, 0.5) is 5.69 Å². The highest BCUT2D eigenvalue weighted by Gasteiger charge is 2.31. The Morgan fingerprint density at radius 1 is 1.38 bits per heavy atom. The van der Waals surface area contributed by atoms with E-state index in [2.05, 4.69) is 4.72 Å². The smallest absolute Gasteiger partial charge is 0.289 e. The van der Waals surface area contributed by atoms with Gasteiger partial charge in [0.05, 0.1) is 9.82 Å². The molecule has 1 rings (SSSR count). The summed E-state index contributed by atoms with van der Waals surface area (Å²) in [6, 6.07) is 3.36. The molecule has 0 aliphatic carbocycles. The first-order valence-corrected chi connectivity index (χ1v) is 8.25. The van der Waals surface area contributed by atoms with E-state index in [-0.39, 0.29) is 16.5 Å². The molecule has 1 aromatic carbocycles. The Hall–Kier alpha value is -1.22. The molecule has 0 saturated heterocycles. The summed E-state index contributed by atoms with van der Waals surface area (Å²) in [6.07, 6.45) is 1.02. The summed E-state index contributed by atoms with van der Waals surface area (Å²) < 4.78 is 27.3. The Kier molecular flexibility index (Phi) is 5.68. The van der Waals surface area contributed by atoms with E-state index in [0.717, 1.165) is 6.07 Å². The Balaban J connectivity index is 3.26. The average molecular weight is 336 g/mol. The zero-order valence-corrected chi connectivity index (χ0v) is 13.4. The van der Waals surface area contributed by atoms with E-state index in [1.54, 1.807) is 0 Å². The summed E-state index contributed by atoms with van der Waals surface area (Å²) in [5.74, 6) is 0. The van der Waals surface area contributed by atoms with Crippen LogP contribution in [0.25, 0.3) is 0 Å². The zero-order valence-electron chi connectivity index (χ0n) is 11.8. The van der Waals surface area contributed by atoms with Gasteiger partial charge in [-0.05, 0) is 25.0 Å². The molecule has 0 aromatic heterocycles. The second kappa shape index (κ2) is 6.69. The van der Waals surface area contributed by atoms with Crippen molar-refractivity contribution in [3.8, 4) is 0 Å². The minimum atomic E-state index is -3.92. The van der Waals surface area contributed by atoms with Crippen LogP contribution in [-0.4, -0.2) is 25.4 Å². The third kappa shape index (κ3) is 3.91. The number of sulfonamides is 1. The number of rotatable bonds is 7. The lowest BCUT2D eigenvalue weighted by Gasteiger charge is -2.30. The largest absolute Gasteiger partial charge is 0.329 e. The van der Waals surface area contributed by atoms with E-state index in [9.17, 15) is 18.5 Å². The molecule has 3 N–H and O–H groups in total. The summed E-state index contributed by atoms with van der Waals surface area (Å²) in [5, 5.41) is 10.7. The molecule has 9 heteroatoms. The summed E-state index contributed by atoms with van der Waals surface area (Å²) in [5.41, 5.74) is 4.44. The lowest BCUT2D eigenvalue weighted by molar-refractivity contribution is -0.384. The van der Waals surface area contributed by atoms with Crippen LogP contribution in [-0.2, 0) is 10.0 Å². The fourth-order valence-electron chi connectivity index (χ4n) is 1.87. The third-order valence-electron chi connectivity index (χ3n) is 3.52. The van der Waals surface area contributed by atoms with E-state index < -0.39 is 26.2 Å². The highest BCUT2D eigenvalue weighted by Crippen LogP contribution is 2.28. The van der Waals surface area contributed by atoms with Crippen LogP contribution < -0.4 is 10.5 Å². The molecule has 7 nitrogen and oxygen atoms in total. The van der Waals surface area contributed by atoms with Crippen molar-refractivity contribution in [1.29, 1.82) is 0 Å². The summed E-state index contributed by atoms with van der Waals surface area (Å²) in [6.45, 7) is 3.78. The maximum atomic E-state index is 12.4. The Labute approximate surface area is 128 Å². The molecule has 0 radical (unpaired) electrons. The van der Waals surface area contributed by atoms with E-state index >= 15 is 0 Å². The standard InChI is InChI=1S/C12H18ClN3O4S/c1-3-12(4-2,8-14)15-21(19,20)9-5-6-10(13)11(7-9)16(17)18/h5-7,15H,3-4,8,14H2,1-2H3. The van der Waals surface area contributed by atoms with E-state index in [4.69, 9.17) is 17.3 Å². The van der Waals surface area contributed by atoms with Gasteiger partial charge in [0.2, 0.25) is 10.0 Å². The lowest BCUT2D eigenvalue weighted by atomic mass is 9.95. The van der Waals surface area contributed by atoms with Crippen molar-refractivity contribution in [2.45, 2.75) is 37.1 Å². The molecule has 21 heavy (non-hydrogen) atoms. The molecule has 0 heterocycles. The Morgan fingerprint density at radius 2 is 1.95 bits per heavy atom. The van der Waals surface area contributed by atoms with Crippen molar-refractivity contribution < 1.29 is 13.3 Å². The van der Waals surface area contributed by atoms with Gasteiger partial charge in [0.15, 0.2) is 0 Å². The van der Waals surface area contributed by atoms with Gasteiger partial charge in [-0.25, -0.2) is 13.1 Å². The maximum Gasteiger partial charge on any atom is 0.289 e. The van der Waals surface area contributed by atoms with Crippen LogP contribution in [0, 0.1) is 10.1 Å². The number of nitro groups is 1. The van der Waals surface area contributed by atoms with Crippen LogP contribution in [0.2, 0.25) is 5.02 Å². The van der Waals surface area contributed by atoms with Gasteiger partial charge in [0, 0.05) is 18.2 Å². The molecule has 118 valence electrons. The van der Waals surface area contributed by atoms with Crippen molar-refractivity contribution >= 4 is 27.3 Å². The monoisotopic (exact) mass is 335 g/mol. The van der Waals surface area contributed by atoms with Gasteiger partial charge < -0.3 is 5.73 Å². The average Bonchev–Trinajstić information content (AvgIpc) is 2.44. The van der Waals surface area contributed by atoms with Gasteiger partial charge >= 0.3 is 0 Å². The second-order valence-electron chi connectivity index (χ2n) is 4.67. The van der Waals surface area contributed by atoms with Gasteiger partial charge in [-0.3, -0.25) is 10.1 Å². The van der Waals surface area contributed by atoms with E-state index in [1.807, 2.05) is 13.8 Å². The van der Waals surface area contributed by atoms with Crippen molar-refractivity contribution in [2.75, 3.05) is 6.54 Å². The fourth-order valence-corrected chi connectivity index (χ4v) is 3.63. The third-order valence-corrected chi connectivity index (χ3v) is 5.42. The number of hydrogen-bond donors (Lipinski definition) is 2. The highest BCUT2D eigenvalue weighted by molar-refractivity contribution is 7.89. The summed E-state index contributed by atoms with van der Waals surface area (Å²) in [7, 11) is -3.92. The maximum absolute atomic E-state index is 12.4. The second-order valence-corrected chi connectivity index (χ2v) is 6.76. The van der Waals surface area contributed by atoms with Gasteiger partial charge in [0.25, 0.3) is 5.69 Å². The molecule has 0 atom stereocenters. The number of nitrogens with zero attached hydrogens (tertiary/aromatic N) is 1. The van der Waals surface area contributed by atoms with Gasteiger partial charge in [-0.1, -0.05) is 25.4 Å². The molecule has 0 bridgehead atoms. The number of nitro benzene ring substituents is 1. The first-order valence-electron chi connectivity index (χ1n) is 6.39. The predicted molar refractivity (Wildman–Crippen MR) is 80.8 cm³/mol. The van der Waals surface area contributed by atoms with Gasteiger partial charge in [-0.2, -0.15) is 0 Å².